The predicted molar refractivity (Wildman–Crippen MR) is 73.9 cm³/mol. The Bertz CT molecular complexity index is 338. The molecule has 0 bridgehead atoms. The van der Waals surface area contributed by atoms with E-state index in [2.05, 4.69) is 19.8 Å². The molecule has 1 aromatic rings. The van der Waals surface area contributed by atoms with Gasteiger partial charge in [0.25, 0.3) is 0 Å². The number of nitrogens with zero attached hydrogens (tertiary/aromatic N) is 4. The number of piperazine rings is 1. The van der Waals surface area contributed by atoms with Gasteiger partial charge in [-0.05, 0) is 13.0 Å². The second kappa shape index (κ2) is 8.00. The molecule has 0 unspecified atom stereocenters. The molecular weight excluding hydrogens is 228 g/mol. The minimum absolute atomic E-state index is 0.243. The lowest BCUT2D eigenvalue weighted by Gasteiger charge is -2.35. The highest BCUT2D eigenvalue weighted by Crippen LogP contribution is 2.12. The van der Waals surface area contributed by atoms with Gasteiger partial charge in [-0.2, -0.15) is 0 Å². The van der Waals surface area contributed by atoms with Gasteiger partial charge in [0, 0.05) is 38.9 Å². The molecule has 1 fully saturated rings. The van der Waals surface area contributed by atoms with E-state index in [1.54, 1.807) is 6.20 Å². The van der Waals surface area contributed by atoms with Crippen LogP contribution in [0.25, 0.3) is 0 Å². The average Bonchev–Trinajstić information content (AvgIpc) is 2.42. The zero-order valence-electron chi connectivity index (χ0n) is 11.6. The third-order valence-corrected chi connectivity index (χ3v) is 2.87. The van der Waals surface area contributed by atoms with E-state index < -0.39 is 0 Å². The summed E-state index contributed by atoms with van der Waals surface area (Å²) in [4.78, 5) is 13.0. The number of hydrogen-bond donors (Lipinski definition) is 1. The summed E-state index contributed by atoms with van der Waals surface area (Å²) in [6.07, 6.45) is 1.80. The number of aromatic nitrogens is 2. The number of aliphatic hydroxyl groups is 1. The first kappa shape index (κ1) is 14.9. The lowest BCUT2D eigenvalue weighted by molar-refractivity contribution is 0.188. The van der Waals surface area contributed by atoms with Crippen molar-refractivity contribution in [3.63, 3.8) is 0 Å². The Morgan fingerprint density at radius 2 is 1.89 bits per heavy atom. The molecule has 0 aromatic carbocycles. The van der Waals surface area contributed by atoms with E-state index in [0.29, 0.717) is 0 Å². The van der Waals surface area contributed by atoms with Gasteiger partial charge < -0.3 is 10.0 Å². The highest BCUT2D eigenvalue weighted by Gasteiger charge is 2.17. The number of aryl methyl sites for hydroxylation is 1. The monoisotopic (exact) mass is 252 g/mol. The largest absolute Gasteiger partial charge is 0.395 e. The molecule has 0 radical (unpaired) electrons. The molecule has 0 aliphatic carbocycles. The maximum Gasteiger partial charge on any atom is 0.132 e. The Morgan fingerprint density at radius 1 is 1.22 bits per heavy atom. The van der Waals surface area contributed by atoms with Crippen LogP contribution in [0.5, 0.6) is 0 Å². The van der Waals surface area contributed by atoms with Crippen molar-refractivity contribution in [1.29, 1.82) is 0 Å². The average molecular weight is 252 g/mol. The van der Waals surface area contributed by atoms with Crippen molar-refractivity contribution in [3.8, 4) is 0 Å². The van der Waals surface area contributed by atoms with Crippen LogP contribution in [0.1, 0.15) is 19.7 Å². The SMILES string of the molecule is CC.Cc1nccc(N2CCN(CCO)CC2)n1. The molecule has 1 aromatic heterocycles. The zero-order valence-corrected chi connectivity index (χ0v) is 11.6. The van der Waals surface area contributed by atoms with E-state index in [1.165, 1.54) is 0 Å². The fourth-order valence-corrected chi connectivity index (χ4v) is 1.96. The van der Waals surface area contributed by atoms with Crippen molar-refractivity contribution in [2.24, 2.45) is 0 Å². The maximum absolute atomic E-state index is 8.86. The first-order valence-electron chi connectivity index (χ1n) is 6.67. The molecule has 5 heteroatoms. The summed E-state index contributed by atoms with van der Waals surface area (Å²) in [5.41, 5.74) is 0. The molecule has 2 heterocycles. The summed E-state index contributed by atoms with van der Waals surface area (Å²) in [6.45, 7) is 10.8. The summed E-state index contributed by atoms with van der Waals surface area (Å²) < 4.78 is 0. The van der Waals surface area contributed by atoms with Crippen LogP contribution in [-0.2, 0) is 0 Å². The molecular formula is C13H24N4O. The topological polar surface area (TPSA) is 52.5 Å². The summed E-state index contributed by atoms with van der Waals surface area (Å²) in [5, 5.41) is 8.86. The molecule has 5 nitrogen and oxygen atoms in total. The molecule has 18 heavy (non-hydrogen) atoms. The van der Waals surface area contributed by atoms with Gasteiger partial charge in [-0.3, -0.25) is 4.90 Å². The van der Waals surface area contributed by atoms with Crippen LogP contribution in [0.15, 0.2) is 12.3 Å². The van der Waals surface area contributed by atoms with E-state index in [-0.39, 0.29) is 6.61 Å². The quantitative estimate of drug-likeness (QED) is 0.867. The van der Waals surface area contributed by atoms with Crippen molar-refractivity contribution in [1.82, 2.24) is 14.9 Å². The third-order valence-electron chi connectivity index (χ3n) is 2.87. The summed E-state index contributed by atoms with van der Waals surface area (Å²) in [6, 6.07) is 1.95. The minimum atomic E-state index is 0.243. The van der Waals surface area contributed by atoms with Crippen LogP contribution in [0.2, 0.25) is 0 Å². The maximum atomic E-state index is 8.86. The van der Waals surface area contributed by atoms with E-state index in [4.69, 9.17) is 5.11 Å². The minimum Gasteiger partial charge on any atom is -0.395 e. The van der Waals surface area contributed by atoms with Crippen molar-refractivity contribution < 1.29 is 5.11 Å². The number of aliphatic hydroxyl groups excluding tert-OH is 1. The van der Waals surface area contributed by atoms with E-state index in [9.17, 15) is 0 Å². The first-order chi connectivity index (χ1) is 8.79. The van der Waals surface area contributed by atoms with Gasteiger partial charge in [-0.1, -0.05) is 13.8 Å². The molecule has 0 spiro atoms. The predicted octanol–water partition coefficient (Wildman–Crippen LogP) is 0.926. The first-order valence-corrected chi connectivity index (χ1v) is 6.67. The van der Waals surface area contributed by atoms with Gasteiger partial charge in [-0.15, -0.1) is 0 Å². The smallest absolute Gasteiger partial charge is 0.132 e. The standard InChI is InChI=1S/C11H18N4O.C2H6/c1-10-12-3-2-11(13-10)15-6-4-14(5-7-15)8-9-16;1-2/h2-3,16H,4-9H2,1H3;1-2H3. The highest BCUT2D eigenvalue weighted by atomic mass is 16.3. The molecule has 2 rings (SSSR count). The number of rotatable bonds is 3. The summed E-state index contributed by atoms with van der Waals surface area (Å²) >= 11 is 0. The van der Waals surface area contributed by atoms with Gasteiger partial charge >= 0.3 is 0 Å². The number of β-amino-alcohol motifs (C(OH)–C–C–N with tert-alkyl or cyclic N) is 1. The Balaban J connectivity index is 0.000000771. The lowest BCUT2D eigenvalue weighted by Crippen LogP contribution is -2.47. The zero-order chi connectivity index (χ0) is 13.4. The van der Waals surface area contributed by atoms with Crippen LogP contribution in [-0.4, -0.2) is 59.3 Å². The molecule has 0 amide bonds. The fraction of sp³-hybridized carbons (Fsp3) is 0.692. The summed E-state index contributed by atoms with van der Waals surface area (Å²) in [5.74, 6) is 1.83. The number of hydrogen-bond acceptors (Lipinski definition) is 5. The Morgan fingerprint density at radius 3 is 2.44 bits per heavy atom. The molecule has 1 N–H and O–H groups in total. The van der Waals surface area contributed by atoms with E-state index >= 15 is 0 Å². The van der Waals surface area contributed by atoms with Crippen molar-refractivity contribution in [2.45, 2.75) is 20.8 Å². The lowest BCUT2D eigenvalue weighted by atomic mass is 10.3. The molecule has 0 saturated carbocycles. The van der Waals surface area contributed by atoms with Crippen LogP contribution >= 0.6 is 0 Å². The molecule has 1 aliphatic heterocycles. The fourth-order valence-electron chi connectivity index (χ4n) is 1.96. The van der Waals surface area contributed by atoms with Gasteiger partial charge in [0.1, 0.15) is 11.6 Å². The van der Waals surface area contributed by atoms with Gasteiger partial charge in [-0.25, -0.2) is 9.97 Å². The van der Waals surface area contributed by atoms with Crippen LogP contribution in [0.3, 0.4) is 0 Å². The van der Waals surface area contributed by atoms with Gasteiger partial charge in [0.15, 0.2) is 0 Å². The highest BCUT2D eigenvalue weighted by molar-refractivity contribution is 5.37. The normalized spacial score (nSPS) is 16.1. The van der Waals surface area contributed by atoms with Crippen LogP contribution in [0.4, 0.5) is 5.82 Å². The van der Waals surface area contributed by atoms with Crippen molar-refractivity contribution >= 4 is 5.82 Å². The second-order valence-electron chi connectivity index (χ2n) is 4.01. The molecule has 102 valence electrons. The van der Waals surface area contributed by atoms with Crippen LogP contribution in [0, 0.1) is 6.92 Å². The molecule has 0 atom stereocenters. The Labute approximate surface area is 109 Å². The second-order valence-corrected chi connectivity index (χ2v) is 4.01. The third kappa shape index (κ3) is 4.23. The van der Waals surface area contributed by atoms with E-state index in [0.717, 1.165) is 44.4 Å². The van der Waals surface area contributed by atoms with Gasteiger partial charge in [0.2, 0.25) is 0 Å². The van der Waals surface area contributed by atoms with Crippen LogP contribution < -0.4 is 4.90 Å². The molecule has 1 aliphatic rings. The summed E-state index contributed by atoms with van der Waals surface area (Å²) in [7, 11) is 0. The van der Waals surface area contributed by atoms with E-state index in [1.807, 2.05) is 26.8 Å². The number of anilines is 1. The Kier molecular flexibility index (Phi) is 6.60. The van der Waals surface area contributed by atoms with Crippen molar-refractivity contribution in [3.05, 3.63) is 18.1 Å². The Hall–Kier alpha value is -1.20. The van der Waals surface area contributed by atoms with Gasteiger partial charge in [0.05, 0.1) is 6.61 Å². The molecule has 1 saturated heterocycles. The van der Waals surface area contributed by atoms with Crippen molar-refractivity contribution in [2.75, 3.05) is 44.2 Å².